The molecule has 0 aliphatic carbocycles. The molecule has 2 aromatic rings. The molecule has 1 fully saturated rings. The van der Waals surface area contributed by atoms with E-state index in [0.29, 0.717) is 24.3 Å². The van der Waals surface area contributed by atoms with Gasteiger partial charge in [-0.2, -0.15) is 0 Å². The van der Waals surface area contributed by atoms with E-state index < -0.39 is 0 Å². The molecule has 0 radical (unpaired) electrons. The zero-order chi connectivity index (χ0) is 20.4. The maximum absolute atomic E-state index is 10.6. The number of fused-ring (bicyclic) bond motifs is 1. The minimum absolute atomic E-state index is 0.106. The van der Waals surface area contributed by atoms with Crippen LogP contribution in [0, 0.1) is 12.8 Å². The summed E-state index contributed by atoms with van der Waals surface area (Å²) >= 11 is 0. The smallest absolute Gasteiger partial charge is 0.122 e. The summed E-state index contributed by atoms with van der Waals surface area (Å²) < 4.78 is 6.43. The van der Waals surface area contributed by atoms with Gasteiger partial charge in [-0.25, -0.2) is 0 Å². The van der Waals surface area contributed by atoms with Gasteiger partial charge in [-0.1, -0.05) is 42.5 Å². The van der Waals surface area contributed by atoms with Crippen LogP contribution in [0.2, 0.25) is 0 Å². The fourth-order valence-corrected chi connectivity index (χ4v) is 5.10. The molecular formula is C25H34N2O2. The normalized spacial score (nSPS) is 24.2. The molecule has 4 nitrogen and oxygen atoms in total. The highest BCUT2D eigenvalue weighted by molar-refractivity contribution is 5.47. The van der Waals surface area contributed by atoms with Crippen LogP contribution < -0.4 is 5.73 Å². The lowest BCUT2D eigenvalue weighted by molar-refractivity contribution is -0.0665. The predicted molar refractivity (Wildman–Crippen MR) is 117 cm³/mol. The van der Waals surface area contributed by atoms with Crippen molar-refractivity contribution in [3.8, 4) is 5.75 Å². The topological polar surface area (TPSA) is 58.7 Å². The van der Waals surface area contributed by atoms with Crippen molar-refractivity contribution in [1.82, 2.24) is 4.90 Å². The molecule has 0 aromatic heterocycles. The van der Waals surface area contributed by atoms with Crippen molar-refractivity contribution >= 4 is 0 Å². The van der Waals surface area contributed by atoms with Crippen molar-refractivity contribution in [3.05, 3.63) is 64.7 Å². The molecule has 0 saturated carbocycles. The van der Waals surface area contributed by atoms with Crippen LogP contribution in [0.4, 0.5) is 0 Å². The third-order valence-electron chi connectivity index (χ3n) is 6.92. The number of aromatic hydroxyl groups is 1. The highest BCUT2D eigenvalue weighted by Gasteiger charge is 2.35. The van der Waals surface area contributed by atoms with Gasteiger partial charge in [0.15, 0.2) is 0 Å². The van der Waals surface area contributed by atoms with Crippen molar-refractivity contribution in [1.29, 1.82) is 0 Å². The van der Waals surface area contributed by atoms with Crippen molar-refractivity contribution in [2.45, 2.75) is 57.8 Å². The number of piperidine rings is 1. The standard InChI is InChI=1S/C25H34N2O2/c1-17-8-9-21-22(25(17)28)15-23(29-24(21)16-26)20-10-12-27(13-11-20)18(2)14-19-6-4-3-5-7-19/h3-9,18,20,23-24,28H,10-16,26H2,1-2H3/t18?,23-,24-/m0/s1. The molecule has 2 aliphatic rings. The Hall–Kier alpha value is -1.88. The number of nitrogens with zero attached hydrogens (tertiary/aromatic N) is 1. The second kappa shape index (κ2) is 8.86. The average molecular weight is 395 g/mol. The number of likely N-dealkylation sites (tertiary alicyclic amines) is 1. The highest BCUT2D eigenvalue weighted by atomic mass is 16.5. The fraction of sp³-hybridized carbons (Fsp3) is 0.520. The summed E-state index contributed by atoms with van der Waals surface area (Å²) in [4.78, 5) is 2.61. The minimum atomic E-state index is -0.106. The Kier molecular flexibility index (Phi) is 6.23. The zero-order valence-electron chi connectivity index (χ0n) is 17.7. The molecule has 2 heterocycles. The predicted octanol–water partition coefficient (Wildman–Crippen LogP) is 3.98. The molecule has 156 valence electrons. The number of nitrogens with two attached hydrogens (primary N) is 1. The summed E-state index contributed by atoms with van der Waals surface area (Å²) in [5.74, 6) is 0.959. The number of hydrogen-bond acceptors (Lipinski definition) is 4. The van der Waals surface area contributed by atoms with E-state index in [2.05, 4.69) is 48.2 Å². The Labute approximate surface area is 174 Å². The van der Waals surface area contributed by atoms with Gasteiger partial charge in [-0.3, -0.25) is 0 Å². The van der Waals surface area contributed by atoms with Crippen molar-refractivity contribution in [3.63, 3.8) is 0 Å². The maximum atomic E-state index is 10.6. The van der Waals surface area contributed by atoms with Crippen molar-refractivity contribution in [2.24, 2.45) is 11.7 Å². The molecule has 4 heteroatoms. The van der Waals surface area contributed by atoms with E-state index in [4.69, 9.17) is 10.5 Å². The van der Waals surface area contributed by atoms with E-state index in [9.17, 15) is 5.11 Å². The van der Waals surface area contributed by atoms with Gasteiger partial charge in [-0.05, 0) is 68.8 Å². The van der Waals surface area contributed by atoms with Gasteiger partial charge in [0.25, 0.3) is 0 Å². The van der Waals surface area contributed by atoms with Crippen LogP contribution in [0.1, 0.15) is 48.1 Å². The van der Waals surface area contributed by atoms with Crippen LogP contribution in [0.15, 0.2) is 42.5 Å². The molecule has 29 heavy (non-hydrogen) atoms. The number of ether oxygens (including phenoxy) is 1. The van der Waals surface area contributed by atoms with Crippen molar-refractivity contribution < 1.29 is 9.84 Å². The number of hydrogen-bond donors (Lipinski definition) is 2. The van der Waals surface area contributed by atoms with E-state index in [0.717, 1.165) is 55.5 Å². The number of aryl methyl sites for hydroxylation is 1. The lowest BCUT2D eigenvalue weighted by atomic mass is 9.82. The molecule has 3 atom stereocenters. The Morgan fingerprint density at radius 2 is 1.86 bits per heavy atom. The molecule has 0 amide bonds. The molecule has 1 unspecified atom stereocenters. The summed E-state index contributed by atoms with van der Waals surface area (Å²) in [5.41, 5.74) is 10.5. The summed E-state index contributed by atoms with van der Waals surface area (Å²) in [5, 5.41) is 10.6. The van der Waals surface area contributed by atoms with Gasteiger partial charge in [0.2, 0.25) is 0 Å². The van der Waals surface area contributed by atoms with E-state index in [1.807, 2.05) is 13.0 Å². The van der Waals surface area contributed by atoms with E-state index in [-0.39, 0.29) is 12.2 Å². The maximum Gasteiger partial charge on any atom is 0.122 e. The van der Waals surface area contributed by atoms with Crippen LogP contribution >= 0.6 is 0 Å². The van der Waals surface area contributed by atoms with Gasteiger partial charge in [0, 0.05) is 24.6 Å². The highest BCUT2D eigenvalue weighted by Crippen LogP contribution is 2.40. The summed E-state index contributed by atoms with van der Waals surface area (Å²) in [6, 6.07) is 15.4. The molecule has 3 N–H and O–H groups in total. The van der Waals surface area contributed by atoms with Gasteiger partial charge in [-0.15, -0.1) is 0 Å². The van der Waals surface area contributed by atoms with Gasteiger partial charge in [0.1, 0.15) is 5.75 Å². The van der Waals surface area contributed by atoms with Gasteiger partial charge in [0.05, 0.1) is 12.2 Å². The number of phenols is 1. The lowest BCUT2D eigenvalue weighted by Crippen LogP contribution is -2.45. The Morgan fingerprint density at radius 3 is 2.55 bits per heavy atom. The monoisotopic (exact) mass is 394 g/mol. The third-order valence-corrected chi connectivity index (χ3v) is 6.92. The minimum Gasteiger partial charge on any atom is -0.507 e. The van der Waals surface area contributed by atoms with Crippen LogP contribution in [0.3, 0.4) is 0 Å². The summed E-state index contributed by atoms with van der Waals surface area (Å²) in [6.45, 7) is 6.98. The van der Waals surface area contributed by atoms with E-state index in [1.165, 1.54) is 5.56 Å². The fourth-order valence-electron chi connectivity index (χ4n) is 5.10. The lowest BCUT2D eigenvalue weighted by Gasteiger charge is -2.42. The van der Waals surface area contributed by atoms with Crippen LogP contribution in [-0.2, 0) is 17.6 Å². The molecule has 1 saturated heterocycles. The van der Waals surface area contributed by atoms with E-state index in [1.54, 1.807) is 0 Å². The molecular weight excluding hydrogens is 360 g/mol. The molecule has 2 aromatic carbocycles. The van der Waals surface area contributed by atoms with Gasteiger partial charge >= 0.3 is 0 Å². The van der Waals surface area contributed by atoms with E-state index >= 15 is 0 Å². The van der Waals surface area contributed by atoms with Crippen LogP contribution in [-0.4, -0.2) is 41.8 Å². The number of benzene rings is 2. The second-order valence-corrected chi connectivity index (χ2v) is 8.81. The Morgan fingerprint density at radius 1 is 1.14 bits per heavy atom. The molecule has 2 aliphatic heterocycles. The first-order chi connectivity index (χ1) is 14.1. The molecule has 4 rings (SSSR count). The first-order valence-electron chi connectivity index (χ1n) is 11.0. The SMILES string of the molecule is Cc1ccc2c(c1O)C[C@@H](C1CCN(C(C)Cc3ccccc3)CC1)O[C@H]2CN. The van der Waals surface area contributed by atoms with Crippen LogP contribution in [0.25, 0.3) is 0 Å². The molecule has 0 bridgehead atoms. The number of rotatable bonds is 5. The molecule has 0 spiro atoms. The second-order valence-electron chi connectivity index (χ2n) is 8.81. The zero-order valence-corrected chi connectivity index (χ0v) is 17.7. The largest absolute Gasteiger partial charge is 0.507 e. The first kappa shape index (κ1) is 20.4. The Balaban J connectivity index is 1.39. The third kappa shape index (κ3) is 4.35. The summed E-state index contributed by atoms with van der Waals surface area (Å²) in [6.07, 6.45) is 4.22. The summed E-state index contributed by atoms with van der Waals surface area (Å²) in [7, 11) is 0. The average Bonchev–Trinajstić information content (AvgIpc) is 2.76. The van der Waals surface area contributed by atoms with Crippen LogP contribution in [0.5, 0.6) is 5.75 Å². The first-order valence-corrected chi connectivity index (χ1v) is 11.0. The van der Waals surface area contributed by atoms with Gasteiger partial charge < -0.3 is 20.5 Å². The quantitative estimate of drug-likeness (QED) is 0.805. The van der Waals surface area contributed by atoms with Crippen molar-refractivity contribution in [2.75, 3.05) is 19.6 Å². The Bertz CT molecular complexity index is 815. The number of phenolic OH excluding ortho intramolecular Hbond substituents is 1.